The molecule has 21 heavy (non-hydrogen) atoms. The molecule has 2 N–H and O–H groups in total. The predicted octanol–water partition coefficient (Wildman–Crippen LogP) is 0.734. The summed E-state index contributed by atoms with van der Waals surface area (Å²) in [6.45, 7) is 0.934. The Kier molecular flexibility index (Phi) is 5.96. The molecule has 1 aromatic carbocycles. The molecule has 1 rings (SSSR count). The van der Waals surface area contributed by atoms with E-state index in [-0.39, 0.29) is 24.8 Å². The third-order valence-electron chi connectivity index (χ3n) is 2.59. The molecule has 0 spiro atoms. The van der Waals surface area contributed by atoms with Crippen molar-refractivity contribution in [3.8, 4) is 12.3 Å². The van der Waals surface area contributed by atoms with Gasteiger partial charge in [-0.05, 0) is 17.7 Å². The maximum Gasteiger partial charge on any atom is 0.323 e. The first-order valence-electron chi connectivity index (χ1n) is 6.22. The van der Waals surface area contributed by atoms with Crippen LogP contribution in [-0.2, 0) is 20.8 Å². The smallest absolute Gasteiger partial charge is 0.323 e. The molecule has 0 saturated carbocycles. The van der Waals surface area contributed by atoms with Crippen LogP contribution in [-0.4, -0.2) is 40.9 Å². The van der Waals surface area contributed by atoms with E-state index in [4.69, 9.17) is 11.5 Å². The predicted molar refractivity (Wildman–Crippen MR) is 77.5 cm³/mol. The van der Waals surface area contributed by atoms with Gasteiger partial charge < -0.3 is 15.3 Å². The molecule has 0 radical (unpaired) electrons. The Balaban J connectivity index is 2.70. The van der Waals surface area contributed by atoms with Gasteiger partial charge in [0, 0.05) is 12.6 Å². The summed E-state index contributed by atoms with van der Waals surface area (Å²) < 4.78 is 0. The standard InChI is InChI=1S/C15H16N2O4/c1-3-8-17(10-15(20)21)14(19)9-12-4-6-13(7-5-12)16-11(2)18/h1,4-7H,8-10H2,2H3,(H,16,18)(H,20,21). The summed E-state index contributed by atoms with van der Waals surface area (Å²) in [5, 5.41) is 11.4. The lowest BCUT2D eigenvalue weighted by molar-refractivity contribution is -0.143. The molecule has 0 heterocycles. The second kappa shape index (κ2) is 7.70. The molecule has 0 bridgehead atoms. The number of nitrogens with zero attached hydrogens (tertiary/aromatic N) is 1. The van der Waals surface area contributed by atoms with Gasteiger partial charge in [-0.15, -0.1) is 6.42 Å². The van der Waals surface area contributed by atoms with E-state index in [0.29, 0.717) is 11.3 Å². The first-order chi connectivity index (χ1) is 9.92. The molecular weight excluding hydrogens is 272 g/mol. The van der Waals surface area contributed by atoms with Crippen LogP contribution in [0, 0.1) is 12.3 Å². The lowest BCUT2D eigenvalue weighted by Crippen LogP contribution is -2.36. The van der Waals surface area contributed by atoms with Crippen LogP contribution in [0.3, 0.4) is 0 Å². The van der Waals surface area contributed by atoms with Crippen molar-refractivity contribution in [2.24, 2.45) is 0 Å². The highest BCUT2D eigenvalue weighted by molar-refractivity contribution is 5.88. The first-order valence-corrected chi connectivity index (χ1v) is 6.22. The highest BCUT2D eigenvalue weighted by Crippen LogP contribution is 2.11. The average molecular weight is 288 g/mol. The summed E-state index contributed by atoms with van der Waals surface area (Å²) in [6, 6.07) is 6.73. The Hall–Kier alpha value is -2.81. The van der Waals surface area contributed by atoms with Crippen LogP contribution in [0.15, 0.2) is 24.3 Å². The van der Waals surface area contributed by atoms with Crippen molar-refractivity contribution in [3.05, 3.63) is 29.8 Å². The van der Waals surface area contributed by atoms with Crippen LogP contribution in [0.2, 0.25) is 0 Å². The summed E-state index contributed by atoms with van der Waals surface area (Å²) in [4.78, 5) is 34.7. The van der Waals surface area contributed by atoms with E-state index < -0.39 is 12.5 Å². The van der Waals surface area contributed by atoms with Gasteiger partial charge in [-0.1, -0.05) is 18.1 Å². The van der Waals surface area contributed by atoms with Gasteiger partial charge in [0.05, 0.1) is 13.0 Å². The van der Waals surface area contributed by atoms with Gasteiger partial charge in [-0.25, -0.2) is 0 Å². The summed E-state index contributed by atoms with van der Waals surface area (Å²) >= 11 is 0. The molecule has 0 aliphatic carbocycles. The summed E-state index contributed by atoms with van der Waals surface area (Å²) in [5.41, 5.74) is 1.34. The van der Waals surface area contributed by atoms with Crippen LogP contribution >= 0.6 is 0 Å². The highest BCUT2D eigenvalue weighted by Gasteiger charge is 2.16. The van der Waals surface area contributed by atoms with Crippen LogP contribution in [0.5, 0.6) is 0 Å². The van der Waals surface area contributed by atoms with Gasteiger partial charge in [-0.3, -0.25) is 14.4 Å². The Bertz CT molecular complexity index is 572. The molecule has 0 fully saturated rings. The molecule has 6 nitrogen and oxygen atoms in total. The zero-order valence-electron chi connectivity index (χ0n) is 11.6. The molecule has 0 aliphatic rings. The number of benzene rings is 1. The van der Waals surface area contributed by atoms with E-state index in [1.807, 2.05) is 0 Å². The number of carbonyl (C=O) groups excluding carboxylic acids is 2. The number of terminal acetylenes is 1. The SMILES string of the molecule is C#CCN(CC(=O)O)C(=O)Cc1ccc(NC(C)=O)cc1. The summed E-state index contributed by atoms with van der Waals surface area (Å²) in [5.74, 6) is 0.615. The van der Waals surface area contributed by atoms with Crippen molar-refractivity contribution < 1.29 is 19.5 Å². The van der Waals surface area contributed by atoms with E-state index in [1.165, 1.54) is 6.92 Å². The molecule has 2 amide bonds. The maximum atomic E-state index is 12.0. The Morgan fingerprint density at radius 2 is 1.90 bits per heavy atom. The quantitative estimate of drug-likeness (QED) is 0.756. The number of anilines is 1. The van der Waals surface area contributed by atoms with Crippen LogP contribution in [0.4, 0.5) is 5.69 Å². The third kappa shape index (κ3) is 5.78. The molecule has 110 valence electrons. The number of nitrogens with one attached hydrogen (secondary N) is 1. The topological polar surface area (TPSA) is 86.7 Å². The minimum absolute atomic E-state index is 0.0465. The normalized spacial score (nSPS) is 9.52. The van der Waals surface area contributed by atoms with Crippen LogP contribution in [0.1, 0.15) is 12.5 Å². The zero-order valence-corrected chi connectivity index (χ0v) is 11.6. The van der Waals surface area contributed by atoms with Gasteiger partial charge in [-0.2, -0.15) is 0 Å². The van der Waals surface area contributed by atoms with E-state index in [9.17, 15) is 14.4 Å². The van der Waals surface area contributed by atoms with Gasteiger partial charge in [0.2, 0.25) is 11.8 Å². The lowest BCUT2D eigenvalue weighted by atomic mass is 10.1. The Morgan fingerprint density at radius 3 is 2.38 bits per heavy atom. The second-order valence-corrected chi connectivity index (χ2v) is 4.40. The van der Waals surface area contributed by atoms with E-state index in [0.717, 1.165) is 4.90 Å². The van der Waals surface area contributed by atoms with Crippen molar-refractivity contribution in [2.75, 3.05) is 18.4 Å². The van der Waals surface area contributed by atoms with Gasteiger partial charge >= 0.3 is 5.97 Å². The Morgan fingerprint density at radius 1 is 1.29 bits per heavy atom. The van der Waals surface area contributed by atoms with Crippen LogP contribution in [0.25, 0.3) is 0 Å². The average Bonchev–Trinajstić information content (AvgIpc) is 2.39. The number of rotatable bonds is 6. The van der Waals surface area contributed by atoms with Crippen molar-refractivity contribution in [1.29, 1.82) is 0 Å². The van der Waals surface area contributed by atoms with Gasteiger partial charge in [0.25, 0.3) is 0 Å². The number of amides is 2. The molecule has 0 aliphatic heterocycles. The number of hydrogen-bond acceptors (Lipinski definition) is 3. The van der Waals surface area contributed by atoms with Crippen molar-refractivity contribution in [3.63, 3.8) is 0 Å². The lowest BCUT2D eigenvalue weighted by Gasteiger charge is -2.17. The number of carboxylic acid groups (broad SMARTS) is 1. The minimum atomic E-state index is -1.11. The molecule has 6 heteroatoms. The second-order valence-electron chi connectivity index (χ2n) is 4.40. The van der Waals surface area contributed by atoms with Gasteiger partial charge in [0.1, 0.15) is 6.54 Å². The van der Waals surface area contributed by atoms with E-state index in [1.54, 1.807) is 24.3 Å². The third-order valence-corrected chi connectivity index (χ3v) is 2.59. The van der Waals surface area contributed by atoms with Crippen molar-refractivity contribution >= 4 is 23.5 Å². The van der Waals surface area contributed by atoms with Gasteiger partial charge in [0.15, 0.2) is 0 Å². The number of carbonyl (C=O) groups is 3. The number of aliphatic carboxylic acids is 1. The van der Waals surface area contributed by atoms with E-state index in [2.05, 4.69) is 11.2 Å². The molecule has 0 atom stereocenters. The fourth-order valence-electron chi connectivity index (χ4n) is 1.70. The Labute approximate surface area is 122 Å². The van der Waals surface area contributed by atoms with E-state index >= 15 is 0 Å². The highest BCUT2D eigenvalue weighted by atomic mass is 16.4. The minimum Gasteiger partial charge on any atom is -0.480 e. The summed E-state index contributed by atoms with van der Waals surface area (Å²) in [6.07, 6.45) is 5.18. The molecule has 0 aromatic heterocycles. The molecule has 0 saturated heterocycles. The fourth-order valence-corrected chi connectivity index (χ4v) is 1.70. The summed E-state index contributed by atoms with van der Waals surface area (Å²) in [7, 11) is 0. The number of hydrogen-bond donors (Lipinski definition) is 2. The number of carboxylic acids is 1. The van der Waals surface area contributed by atoms with Crippen molar-refractivity contribution in [2.45, 2.75) is 13.3 Å². The molecular formula is C15H16N2O4. The zero-order chi connectivity index (χ0) is 15.8. The fraction of sp³-hybridized carbons (Fsp3) is 0.267. The first kappa shape index (κ1) is 16.2. The largest absolute Gasteiger partial charge is 0.480 e. The van der Waals surface area contributed by atoms with Crippen LogP contribution < -0.4 is 5.32 Å². The van der Waals surface area contributed by atoms with Crippen molar-refractivity contribution in [1.82, 2.24) is 4.90 Å². The maximum absolute atomic E-state index is 12.0. The molecule has 0 unspecified atom stereocenters. The molecule has 1 aromatic rings. The monoisotopic (exact) mass is 288 g/mol.